The van der Waals surface area contributed by atoms with Crippen LogP contribution >= 0.6 is 0 Å². The van der Waals surface area contributed by atoms with E-state index in [1.165, 1.54) is 0 Å². The van der Waals surface area contributed by atoms with Gasteiger partial charge >= 0.3 is 0 Å². The van der Waals surface area contributed by atoms with Gasteiger partial charge in [0, 0.05) is 26.5 Å². The van der Waals surface area contributed by atoms with Gasteiger partial charge in [0.05, 0.1) is 19.0 Å². The molecule has 3 heterocycles. The highest BCUT2D eigenvalue weighted by atomic mass is 28.4. The largest absolute Gasteiger partial charge is 0.414 e. The number of ether oxygens (including phenoxy) is 3. The highest BCUT2D eigenvalue weighted by Gasteiger charge is 2.56. The molecule has 1 aromatic rings. The van der Waals surface area contributed by atoms with Crippen molar-refractivity contribution in [3.63, 3.8) is 0 Å². The molecule has 29 heavy (non-hydrogen) atoms. The summed E-state index contributed by atoms with van der Waals surface area (Å²) in [5.41, 5.74) is 3.47. The van der Waals surface area contributed by atoms with Gasteiger partial charge in [0.15, 0.2) is 20.3 Å². The zero-order chi connectivity index (χ0) is 21.6. The monoisotopic (exact) mass is 426 g/mol. The predicted molar refractivity (Wildman–Crippen MR) is 114 cm³/mol. The molecular weight excluding hydrogens is 388 g/mol. The lowest BCUT2D eigenvalue weighted by molar-refractivity contribution is -0.192. The number of hydrogen-bond donors (Lipinski definition) is 1. The average Bonchev–Trinajstić information content (AvgIpc) is 3.19. The van der Waals surface area contributed by atoms with Crippen LogP contribution in [0.25, 0.3) is 0 Å². The van der Waals surface area contributed by atoms with Gasteiger partial charge in [0.1, 0.15) is 18.3 Å². The van der Waals surface area contributed by atoms with Crippen LogP contribution in [0.3, 0.4) is 0 Å². The highest BCUT2D eigenvalue weighted by Crippen LogP contribution is 2.42. The van der Waals surface area contributed by atoms with Crippen LogP contribution in [0, 0.1) is 0 Å². The van der Waals surface area contributed by atoms with E-state index >= 15 is 0 Å². The molecule has 0 aromatic carbocycles. The summed E-state index contributed by atoms with van der Waals surface area (Å²) in [4.78, 5) is 4.21. The Balaban J connectivity index is 1.87. The number of fused-ring (bicyclic) bond motifs is 1. The van der Waals surface area contributed by atoms with Gasteiger partial charge in [-0.15, -0.1) is 0 Å². The zero-order valence-electron chi connectivity index (χ0n) is 19.3. The third kappa shape index (κ3) is 4.92. The van der Waals surface area contributed by atoms with Crippen LogP contribution in [0.2, 0.25) is 18.1 Å². The normalized spacial score (nSPS) is 32.6. The van der Waals surface area contributed by atoms with E-state index in [4.69, 9.17) is 18.6 Å². The fourth-order valence-corrected chi connectivity index (χ4v) is 4.65. The second kappa shape index (κ2) is 8.03. The van der Waals surface area contributed by atoms with Crippen molar-refractivity contribution in [1.82, 2.24) is 20.0 Å². The summed E-state index contributed by atoms with van der Waals surface area (Å²) >= 11 is 0. The fraction of sp³-hybridized carbons (Fsp3) is 0.850. The van der Waals surface area contributed by atoms with E-state index in [1.807, 2.05) is 43.7 Å². The van der Waals surface area contributed by atoms with Gasteiger partial charge in [-0.05, 0) is 32.0 Å². The molecule has 2 fully saturated rings. The van der Waals surface area contributed by atoms with Crippen LogP contribution in [-0.4, -0.2) is 73.7 Å². The summed E-state index contributed by atoms with van der Waals surface area (Å²) < 4.78 is 27.7. The minimum absolute atomic E-state index is 0.130. The molecule has 3 rings (SSSR count). The van der Waals surface area contributed by atoms with Crippen molar-refractivity contribution >= 4 is 8.32 Å². The fourth-order valence-electron chi connectivity index (χ4n) is 3.64. The molecule has 0 spiro atoms. The van der Waals surface area contributed by atoms with E-state index < -0.39 is 14.1 Å². The van der Waals surface area contributed by atoms with E-state index in [0.29, 0.717) is 6.61 Å². The summed E-state index contributed by atoms with van der Waals surface area (Å²) in [6, 6.07) is -0.130. The van der Waals surface area contributed by atoms with Crippen molar-refractivity contribution < 1.29 is 18.6 Å². The molecule has 166 valence electrons. The van der Waals surface area contributed by atoms with Crippen molar-refractivity contribution in [2.24, 2.45) is 0 Å². The molecule has 0 saturated carbocycles. The van der Waals surface area contributed by atoms with Crippen LogP contribution in [0.5, 0.6) is 0 Å². The van der Waals surface area contributed by atoms with Gasteiger partial charge in [-0.2, -0.15) is 0 Å². The second-order valence-electron chi connectivity index (χ2n) is 10.3. The smallest absolute Gasteiger partial charge is 0.192 e. The van der Waals surface area contributed by atoms with Gasteiger partial charge in [-0.1, -0.05) is 20.8 Å². The van der Waals surface area contributed by atoms with Crippen LogP contribution < -0.4 is 5.43 Å². The van der Waals surface area contributed by atoms with Gasteiger partial charge < -0.3 is 23.2 Å². The maximum Gasteiger partial charge on any atom is 0.192 e. The number of aromatic nitrogens is 2. The van der Waals surface area contributed by atoms with Crippen molar-refractivity contribution in [1.29, 1.82) is 0 Å². The van der Waals surface area contributed by atoms with Gasteiger partial charge in [-0.3, -0.25) is 5.01 Å². The Morgan fingerprint density at radius 1 is 1.21 bits per heavy atom. The third-order valence-electron chi connectivity index (χ3n) is 6.15. The number of rotatable bonds is 6. The molecule has 2 aliphatic heterocycles. The molecule has 2 saturated heterocycles. The Labute approximate surface area is 176 Å². The molecule has 0 bridgehead atoms. The molecule has 0 aliphatic carbocycles. The average molecular weight is 427 g/mol. The summed E-state index contributed by atoms with van der Waals surface area (Å²) in [5.74, 6) is -0.677. The van der Waals surface area contributed by atoms with Crippen molar-refractivity contribution in [2.45, 2.75) is 89.1 Å². The van der Waals surface area contributed by atoms with Crippen molar-refractivity contribution in [3.05, 3.63) is 18.7 Å². The number of nitrogens with zero attached hydrogens (tertiary/aromatic N) is 3. The molecule has 1 unspecified atom stereocenters. The Morgan fingerprint density at radius 2 is 1.86 bits per heavy atom. The van der Waals surface area contributed by atoms with E-state index in [0.717, 1.165) is 0 Å². The lowest BCUT2D eigenvalue weighted by atomic mass is 9.96. The number of nitrogens with one attached hydrogen (secondary N) is 1. The molecule has 0 radical (unpaired) electrons. The molecule has 5 atom stereocenters. The number of imidazole rings is 1. The Hall–Kier alpha value is -0.813. The van der Waals surface area contributed by atoms with E-state index in [2.05, 4.69) is 44.3 Å². The first-order valence-corrected chi connectivity index (χ1v) is 13.3. The lowest BCUT2D eigenvalue weighted by Crippen LogP contribution is -2.62. The van der Waals surface area contributed by atoms with Gasteiger partial charge in [-0.25, -0.2) is 10.4 Å². The van der Waals surface area contributed by atoms with E-state index in [-0.39, 0.29) is 35.6 Å². The maximum absolute atomic E-state index is 6.59. The Morgan fingerprint density at radius 3 is 2.41 bits per heavy atom. The minimum atomic E-state index is -1.92. The second-order valence-corrected chi connectivity index (χ2v) is 15.1. The van der Waals surface area contributed by atoms with Crippen LogP contribution in [0.4, 0.5) is 0 Å². The number of hydrogen-bond acceptors (Lipinski definition) is 7. The van der Waals surface area contributed by atoms with E-state index in [1.54, 1.807) is 12.5 Å². The molecule has 0 amide bonds. The number of hydrazine groups is 1. The quantitative estimate of drug-likeness (QED) is 0.554. The zero-order valence-corrected chi connectivity index (χ0v) is 20.3. The topological polar surface area (TPSA) is 70.0 Å². The molecule has 9 heteroatoms. The minimum Gasteiger partial charge on any atom is -0.414 e. The first-order chi connectivity index (χ1) is 13.3. The lowest BCUT2D eigenvalue weighted by Gasteiger charge is -2.45. The predicted octanol–water partition coefficient (Wildman–Crippen LogP) is 2.76. The van der Waals surface area contributed by atoms with Crippen LogP contribution in [-0.2, 0) is 18.6 Å². The van der Waals surface area contributed by atoms with Crippen LogP contribution in [0.1, 0.15) is 40.8 Å². The Kier molecular flexibility index (Phi) is 6.33. The third-order valence-corrected chi connectivity index (χ3v) is 10.6. The van der Waals surface area contributed by atoms with Crippen molar-refractivity contribution in [3.8, 4) is 0 Å². The van der Waals surface area contributed by atoms with Crippen LogP contribution in [0.15, 0.2) is 18.7 Å². The molecule has 1 N–H and O–H groups in total. The molecule has 2 aliphatic rings. The summed E-state index contributed by atoms with van der Waals surface area (Å²) in [5, 5.41) is 2.06. The highest BCUT2D eigenvalue weighted by molar-refractivity contribution is 6.74. The van der Waals surface area contributed by atoms with E-state index in [9.17, 15) is 0 Å². The molecular formula is C20H38N4O4Si. The summed E-state index contributed by atoms with van der Waals surface area (Å²) in [6.07, 6.45) is 4.55. The molecule has 1 aromatic heterocycles. The van der Waals surface area contributed by atoms with Gasteiger partial charge in [0.2, 0.25) is 0 Å². The first-order valence-electron chi connectivity index (χ1n) is 10.4. The Bertz CT molecular complexity index is 675. The molecule has 8 nitrogen and oxygen atoms in total. The SMILES string of the molecule is CN(C)N[C@H]1C(n2ccnc2)O[C@H](CO[Si](C)(C)C(C)(C)C)[C@H]2OC(C)(C)O[C@H]21. The summed E-state index contributed by atoms with van der Waals surface area (Å²) in [7, 11) is 2.01. The summed E-state index contributed by atoms with van der Waals surface area (Å²) in [6.45, 7) is 15.6. The first kappa shape index (κ1) is 22.9. The standard InChI is InChI=1S/C20H38N4O4Si/c1-19(2,3)29(8,9)25-12-14-16-17(28-20(4,5)27-16)15(22-23(6)7)18(26-14)24-11-10-21-13-24/h10-11,13-18,22H,12H2,1-9H3/t14-,15-,16-,17+,18?/m1/s1. The van der Waals surface area contributed by atoms with Gasteiger partial charge in [0.25, 0.3) is 0 Å². The van der Waals surface area contributed by atoms with Crippen molar-refractivity contribution in [2.75, 3.05) is 20.7 Å². The maximum atomic E-state index is 6.59.